The van der Waals surface area contributed by atoms with Gasteiger partial charge in [-0.15, -0.1) is 0 Å². The van der Waals surface area contributed by atoms with Crippen molar-refractivity contribution in [2.45, 2.75) is 25.3 Å². The zero-order valence-corrected chi connectivity index (χ0v) is 12.6. The summed E-state index contributed by atoms with van der Waals surface area (Å²) in [5, 5.41) is 20.1. The number of hydrogen-bond acceptors (Lipinski definition) is 4. The number of nitrogens with zero attached hydrogens (tertiary/aromatic N) is 2. The highest BCUT2D eigenvalue weighted by Crippen LogP contribution is 2.34. The molecule has 21 heavy (non-hydrogen) atoms. The number of nitro groups is 1. The molecule has 1 unspecified atom stereocenters. The Kier molecular flexibility index (Phi) is 5.03. The number of amides is 1. The van der Waals surface area contributed by atoms with Gasteiger partial charge in [0.05, 0.1) is 22.6 Å². The summed E-state index contributed by atoms with van der Waals surface area (Å²) < 4.78 is 0. The van der Waals surface area contributed by atoms with E-state index in [1.807, 2.05) is 0 Å². The van der Waals surface area contributed by atoms with Crippen LogP contribution in [0.4, 0.5) is 5.69 Å². The summed E-state index contributed by atoms with van der Waals surface area (Å²) in [6.07, 6.45) is 2.49. The summed E-state index contributed by atoms with van der Waals surface area (Å²) in [5.41, 5.74) is -0.290. The van der Waals surface area contributed by atoms with Crippen molar-refractivity contribution in [2.24, 2.45) is 0 Å². The summed E-state index contributed by atoms with van der Waals surface area (Å²) in [6, 6.07) is 2.18. The van der Waals surface area contributed by atoms with E-state index in [1.165, 1.54) is 11.0 Å². The first-order chi connectivity index (χ1) is 9.95. The van der Waals surface area contributed by atoms with Gasteiger partial charge in [0.2, 0.25) is 0 Å². The standard InChI is InChI=1S/C13H14Cl2N2O4/c14-10-5-8(6-11(12(10)15)17(20)21)13(19)16-4-2-1-3-9(16)7-18/h5-6,9,18H,1-4,7H2. The van der Waals surface area contributed by atoms with Crippen LogP contribution >= 0.6 is 23.2 Å². The number of rotatable bonds is 3. The van der Waals surface area contributed by atoms with E-state index in [1.54, 1.807) is 0 Å². The molecule has 1 saturated heterocycles. The van der Waals surface area contributed by atoms with E-state index in [0.717, 1.165) is 18.9 Å². The highest BCUT2D eigenvalue weighted by Gasteiger charge is 2.29. The third-order valence-corrected chi connectivity index (χ3v) is 4.34. The fourth-order valence-electron chi connectivity index (χ4n) is 2.45. The van der Waals surface area contributed by atoms with E-state index in [2.05, 4.69) is 0 Å². The van der Waals surface area contributed by atoms with Crippen LogP contribution in [0.25, 0.3) is 0 Å². The second-order valence-electron chi connectivity index (χ2n) is 4.88. The largest absolute Gasteiger partial charge is 0.394 e. The topological polar surface area (TPSA) is 83.7 Å². The Hall–Kier alpha value is -1.37. The van der Waals surface area contributed by atoms with Crippen LogP contribution < -0.4 is 0 Å². The molecule has 1 aliphatic rings. The molecule has 1 aliphatic heterocycles. The van der Waals surface area contributed by atoms with Crippen LogP contribution in [0.3, 0.4) is 0 Å². The van der Waals surface area contributed by atoms with Crippen molar-refractivity contribution >= 4 is 34.8 Å². The predicted octanol–water partition coefficient (Wildman–Crippen LogP) is 2.89. The highest BCUT2D eigenvalue weighted by molar-refractivity contribution is 6.43. The number of halogens is 2. The predicted molar refractivity (Wildman–Crippen MR) is 78.9 cm³/mol. The van der Waals surface area contributed by atoms with Crippen molar-refractivity contribution < 1.29 is 14.8 Å². The van der Waals surface area contributed by atoms with Crippen LogP contribution in [-0.4, -0.2) is 40.0 Å². The van der Waals surface area contributed by atoms with E-state index in [9.17, 15) is 20.0 Å². The lowest BCUT2D eigenvalue weighted by Gasteiger charge is -2.34. The minimum atomic E-state index is -0.676. The molecule has 0 aromatic heterocycles. The van der Waals surface area contributed by atoms with Crippen LogP contribution in [0.1, 0.15) is 29.6 Å². The normalized spacial score (nSPS) is 18.6. The van der Waals surface area contributed by atoms with Crippen LogP contribution in [0.15, 0.2) is 12.1 Å². The summed E-state index contributed by atoms with van der Waals surface area (Å²) in [4.78, 5) is 24.3. The van der Waals surface area contributed by atoms with E-state index < -0.39 is 10.6 Å². The van der Waals surface area contributed by atoms with Gasteiger partial charge in [-0.05, 0) is 25.3 Å². The Balaban J connectivity index is 2.36. The molecule has 1 atom stereocenters. The van der Waals surface area contributed by atoms with Crippen molar-refractivity contribution in [3.05, 3.63) is 37.9 Å². The SMILES string of the molecule is O=C(c1cc(Cl)c(Cl)c([N+](=O)[O-])c1)N1CCCCC1CO. The molecule has 0 aliphatic carbocycles. The molecule has 8 heteroatoms. The molecule has 1 fully saturated rings. The summed E-state index contributed by atoms with van der Waals surface area (Å²) >= 11 is 11.6. The van der Waals surface area contributed by atoms with E-state index in [0.29, 0.717) is 13.0 Å². The molecule has 114 valence electrons. The quantitative estimate of drug-likeness (QED) is 0.681. The lowest BCUT2D eigenvalue weighted by atomic mass is 10.0. The van der Waals surface area contributed by atoms with Gasteiger partial charge in [0.1, 0.15) is 5.02 Å². The Morgan fingerprint density at radius 3 is 2.76 bits per heavy atom. The summed E-state index contributed by atoms with van der Waals surface area (Å²) in [7, 11) is 0. The number of nitro benzene ring substituents is 1. The van der Waals surface area contributed by atoms with Gasteiger partial charge in [0, 0.05) is 18.2 Å². The maximum absolute atomic E-state index is 12.5. The Bertz CT molecular complexity index is 580. The lowest BCUT2D eigenvalue weighted by molar-refractivity contribution is -0.384. The average Bonchev–Trinajstić information content (AvgIpc) is 2.48. The Morgan fingerprint density at radius 1 is 1.43 bits per heavy atom. The van der Waals surface area contributed by atoms with Gasteiger partial charge in [-0.1, -0.05) is 23.2 Å². The molecular weight excluding hydrogens is 319 g/mol. The molecule has 2 rings (SSSR count). The van der Waals surface area contributed by atoms with Gasteiger partial charge in [-0.3, -0.25) is 14.9 Å². The molecule has 1 amide bonds. The Labute approximate surface area is 131 Å². The molecule has 0 saturated carbocycles. The van der Waals surface area contributed by atoms with E-state index in [-0.39, 0.29) is 34.2 Å². The zero-order valence-electron chi connectivity index (χ0n) is 11.1. The van der Waals surface area contributed by atoms with Crippen LogP contribution in [0.5, 0.6) is 0 Å². The maximum Gasteiger partial charge on any atom is 0.290 e. The molecule has 1 aromatic carbocycles. The van der Waals surface area contributed by atoms with Gasteiger partial charge in [0.25, 0.3) is 11.6 Å². The molecule has 1 N–H and O–H groups in total. The smallest absolute Gasteiger partial charge is 0.290 e. The van der Waals surface area contributed by atoms with Crippen LogP contribution in [0, 0.1) is 10.1 Å². The van der Waals surface area contributed by atoms with E-state index in [4.69, 9.17) is 23.2 Å². The number of aliphatic hydroxyl groups is 1. The van der Waals surface area contributed by atoms with Crippen LogP contribution in [0.2, 0.25) is 10.0 Å². The number of aliphatic hydroxyl groups excluding tert-OH is 1. The Morgan fingerprint density at radius 2 is 2.14 bits per heavy atom. The summed E-state index contributed by atoms with van der Waals surface area (Å²) in [6.45, 7) is 0.382. The average molecular weight is 333 g/mol. The maximum atomic E-state index is 12.5. The fraction of sp³-hybridized carbons (Fsp3) is 0.462. The van der Waals surface area contributed by atoms with Crippen molar-refractivity contribution in [1.82, 2.24) is 4.90 Å². The lowest BCUT2D eigenvalue weighted by Crippen LogP contribution is -2.45. The van der Waals surface area contributed by atoms with Crippen molar-refractivity contribution in [2.75, 3.05) is 13.2 Å². The molecule has 0 spiro atoms. The fourth-order valence-corrected chi connectivity index (χ4v) is 2.85. The highest BCUT2D eigenvalue weighted by atomic mass is 35.5. The number of likely N-dealkylation sites (tertiary alicyclic amines) is 1. The third kappa shape index (κ3) is 3.28. The second-order valence-corrected chi connectivity index (χ2v) is 5.66. The second kappa shape index (κ2) is 6.60. The van der Waals surface area contributed by atoms with Crippen LogP contribution in [-0.2, 0) is 0 Å². The molecule has 0 bridgehead atoms. The monoisotopic (exact) mass is 332 g/mol. The molecule has 0 radical (unpaired) electrons. The van der Waals surface area contributed by atoms with Gasteiger partial charge >= 0.3 is 0 Å². The first kappa shape index (κ1) is 16.0. The van der Waals surface area contributed by atoms with Crippen molar-refractivity contribution in [1.29, 1.82) is 0 Å². The number of benzene rings is 1. The van der Waals surface area contributed by atoms with Gasteiger partial charge < -0.3 is 10.0 Å². The van der Waals surface area contributed by atoms with Gasteiger partial charge in [0.15, 0.2) is 0 Å². The molecular formula is C13H14Cl2N2O4. The van der Waals surface area contributed by atoms with Crippen molar-refractivity contribution in [3.63, 3.8) is 0 Å². The molecule has 6 nitrogen and oxygen atoms in total. The number of piperidine rings is 1. The number of carbonyl (C=O) groups is 1. The van der Waals surface area contributed by atoms with E-state index >= 15 is 0 Å². The minimum Gasteiger partial charge on any atom is -0.394 e. The number of hydrogen-bond donors (Lipinski definition) is 1. The molecule has 1 heterocycles. The zero-order chi connectivity index (χ0) is 15.6. The third-order valence-electron chi connectivity index (χ3n) is 3.55. The van der Waals surface area contributed by atoms with Gasteiger partial charge in [-0.25, -0.2) is 0 Å². The first-order valence-corrected chi connectivity index (χ1v) is 7.26. The summed E-state index contributed by atoms with van der Waals surface area (Å²) in [5.74, 6) is -0.379. The first-order valence-electron chi connectivity index (χ1n) is 6.51. The molecule has 1 aromatic rings. The van der Waals surface area contributed by atoms with Gasteiger partial charge in [-0.2, -0.15) is 0 Å². The number of carbonyl (C=O) groups excluding carboxylic acids is 1. The minimum absolute atomic E-state index is 0.0354. The van der Waals surface area contributed by atoms with Crippen molar-refractivity contribution in [3.8, 4) is 0 Å².